The van der Waals surface area contributed by atoms with Crippen LogP contribution in [-0.2, 0) is 11.2 Å². The third-order valence-electron chi connectivity index (χ3n) is 1.80. The molecule has 1 aromatic heterocycles. The fraction of sp³-hybridized carbons (Fsp3) is 0.400. The molecule has 0 aromatic carbocycles. The summed E-state index contributed by atoms with van der Waals surface area (Å²) >= 11 is 6.87. The summed E-state index contributed by atoms with van der Waals surface area (Å²) in [6.45, 7) is 2.08. The van der Waals surface area contributed by atoms with Crippen molar-refractivity contribution in [1.82, 2.24) is 5.32 Å². The van der Waals surface area contributed by atoms with Crippen LogP contribution in [-0.4, -0.2) is 24.1 Å². The summed E-state index contributed by atoms with van der Waals surface area (Å²) in [5.41, 5.74) is 0. The maximum absolute atomic E-state index is 11.2. The van der Waals surface area contributed by atoms with Gasteiger partial charge in [-0.3, -0.25) is 9.59 Å². The Morgan fingerprint density at radius 2 is 2.20 bits per heavy atom. The zero-order chi connectivity index (χ0) is 11.3. The van der Waals surface area contributed by atoms with Crippen LogP contribution in [0.4, 0.5) is 0 Å². The normalized spacial score (nSPS) is 10.0. The molecule has 1 aromatic rings. The molecule has 15 heavy (non-hydrogen) atoms. The topological polar surface area (TPSA) is 46.2 Å². The highest BCUT2D eigenvalue weighted by molar-refractivity contribution is 7.14. The van der Waals surface area contributed by atoms with Gasteiger partial charge in [-0.15, -0.1) is 22.9 Å². The van der Waals surface area contributed by atoms with E-state index < -0.39 is 0 Å². The van der Waals surface area contributed by atoms with E-state index in [9.17, 15) is 9.59 Å². The van der Waals surface area contributed by atoms with Crippen molar-refractivity contribution < 1.29 is 9.59 Å². The molecule has 5 heteroatoms. The van der Waals surface area contributed by atoms with Gasteiger partial charge in [0.2, 0.25) is 5.91 Å². The number of ketones is 1. The van der Waals surface area contributed by atoms with Crippen LogP contribution in [0.5, 0.6) is 0 Å². The SMILES string of the molecule is CC(=O)NCCc1ccc(C(=O)CCl)s1. The summed E-state index contributed by atoms with van der Waals surface area (Å²) in [5, 5.41) is 2.70. The molecule has 0 saturated heterocycles. The molecule has 0 fully saturated rings. The lowest BCUT2D eigenvalue weighted by Gasteiger charge is -1.98. The first-order valence-corrected chi connectivity index (χ1v) is 5.91. The molecule has 1 amide bonds. The number of hydrogen-bond donors (Lipinski definition) is 1. The van der Waals surface area contributed by atoms with Crippen molar-refractivity contribution in [1.29, 1.82) is 0 Å². The number of thiophene rings is 1. The van der Waals surface area contributed by atoms with Gasteiger partial charge in [0.15, 0.2) is 5.78 Å². The van der Waals surface area contributed by atoms with E-state index in [0.29, 0.717) is 11.4 Å². The Kier molecular flexibility index (Phi) is 4.78. The van der Waals surface area contributed by atoms with Gasteiger partial charge in [-0.1, -0.05) is 0 Å². The number of amides is 1. The van der Waals surface area contributed by atoms with Gasteiger partial charge >= 0.3 is 0 Å². The highest BCUT2D eigenvalue weighted by Crippen LogP contribution is 2.17. The Morgan fingerprint density at radius 1 is 1.47 bits per heavy atom. The number of carbonyl (C=O) groups excluding carboxylic acids is 2. The quantitative estimate of drug-likeness (QED) is 0.636. The van der Waals surface area contributed by atoms with Gasteiger partial charge in [-0.25, -0.2) is 0 Å². The highest BCUT2D eigenvalue weighted by Gasteiger charge is 2.07. The van der Waals surface area contributed by atoms with E-state index >= 15 is 0 Å². The van der Waals surface area contributed by atoms with E-state index in [1.54, 1.807) is 6.07 Å². The van der Waals surface area contributed by atoms with Crippen molar-refractivity contribution in [3.63, 3.8) is 0 Å². The first-order chi connectivity index (χ1) is 7.13. The van der Waals surface area contributed by atoms with Crippen molar-refractivity contribution in [2.24, 2.45) is 0 Å². The highest BCUT2D eigenvalue weighted by atomic mass is 35.5. The fourth-order valence-corrected chi connectivity index (χ4v) is 2.26. The largest absolute Gasteiger partial charge is 0.356 e. The van der Waals surface area contributed by atoms with Gasteiger partial charge in [0.1, 0.15) is 0 Å². The lowest BCUT2D eigenvalue weighted by molar-refractivity contribution is -0.118. The maximum Gasteiger partial charge on any atom is 0.216 e. The average molecular weight is 246 g/mol. The average Bonchev–Trinajstić information content (AvgIpc) is 2.65. The minimum Gasteiger partial charge on any atom is -0.356 e. The molecule has 0 unspecified atom stereocenters. The number of Topliss-reactive ketones (excluding diaryl/α,β-unsaturated/α-hetero) is 1. The second kappa shape index (κ2) is 5.88. The molecular weight excluding hydrogens is 234 g/mol. The standard InChI is InChI=1S/C10H12ClNO2S/c1-7(13)12-5-4-8-2-3-10(15-8)9(14)6-11/h2-3H,4-6H2,1H3,(H,12,13). The van der Waals surface area contributed by atoms with Gasteiger partial charge in [0, 0.05) is 18.3 Å². The maximum atomic E-state index is 11.2. The van der Waals surface area contributed by atoms with Crippen LogP contribution >= 0.6 is 22.9 Å². The molecule has 0 atom stereocenters. The third kappa shape index (κ3) is 4.01. The van der Waals surface area contributed by atoms with E-state index in [1.165, 1.54) is 18.3 Å². The molecule has 0 radical (unpaired) electrons. The Labute approximate surface area is 97.4 Å². The van der Waals surface area contributed by atoms with Crippen LogP contribution < -0.4 is 5.32 Å². The van der Waals surface area contributed by atoms with Crippen molar-refractivity contribution >= 4 is 34.6 Å². The first-order valence-electron chi connectivity index (χ1n) is 4.56. The number of alkyl halides is 1. The number of carbonyl (C=O) groups is 2. The summed E-state index contributed by atoms with van der Waals surface area (Å²) in [4.78, 5) is 23.6. The predicted molar refractivity (Wildman–Crippen MR) is 61.8 cm³/mol. The van der Waals surface area contributed by atoms with Crippen LogP contribution in [0.3, 0.4) is 0 Å². The van der Waals surface area contributed by atoms with E-state index in [-0.39, 0.29) is 17.6 Å². The Hall–Kier alpha value is -0.870. The minimum absolute atomic E-state index is 0.0195. The molecule has 0 aliphatic heterocycles. The molecular formula is C10H12ClNO2S. The number of rotatable bonds is 5. The summed E-state index contributed by atoms with van der Waals surface area (Å²) in [6.07, 6.45) is 0.750. The zero-order valence-corrected chi connectivity index (χ0v) is 9.95. The lowest BCUT2D eigenvalue weighted by Crippen LogP contribution is -2.22. The summed E-state index contributed by atoms with van der Waals surface area (Å²) in [5.74, 6) is -0.0675. The molecule has 0 saturated carbocycles. The molecule has 1 rings (SSSR count). The van der Waals surface area contributed by atoms with Crippen LogP contribution in [0.1, 0.15) is 21.5 Å². The van der Waals surface area contributed by atoms with Gasteiger partial charge in [0.25, 0.3) is 0 Å². The molecule has 0 aliphatic rings. The lowest BCUT2D eigenvalue weighted by atomic mass is 10.3. The molecule has 0 spiro atoms. The van der Waals surface area contributed by atoms with Gasteiger partial charge in [-0.2, -0.15) is 0 Å². The Morgan fingerprint density at radius 3 is 2.80 bits per heavy atom. The van der Waals surface area contributed by atoms with Crippen molar-refractivity contribution in [3.8, 4) is 0 Å². The Balaban J connectivity index is 2.46. The Bertz CT molecular complexity index is 362. The van der Waals surface area contributed by atoms with Crippen molar-refractivity contribution in [2.45, 2.75) is 13.3 Å². The predicted octanol–water partition coefficient (Wildman–Crippen LogP) is 1.85. The monoisotopic (exact) mass is 245 g/mol. The first kappa shape index (κ1) is 12.2. The van der Waals surface area contributed by atoms with E-state index in [2.05, 4.69) is 5.32 Å². The number of hydrogen-bond acceptors (Lipinski definition) is 3. The van der Waals surface area contributed by atoms with E-state index in [0.717, 1.165) is 11.3 Å². The molecule has 0 bridgehead atoms. The molecule has 1 N–H and O–H groups in total. The third-order valence-corrected chi connectivity index (χ3v) is 3.23. The number of nitrogens with one attached hydrogen (secondary N) is 1. The van der Waals surface area contributed by atoms with Crippen LogP contribution in [0.2, 0.25) is 0 Å². The minimum atomic E-state index is -0.0487. The second-order valence-electron chi connectivity index (χ2n) is 3.06. The smallest absolute Gasteiger partial charge is 0.216 e. The molecule has 1 heterocycles. The second-order valence-corrected chi connectivity index (χ2v) is 4.49. The van der Waals surface area contributed by atoms with Crippen LogP contribution in [0, 0.1) is 0 Å². The van der Waals surface area contributed by atoms with Crippen molar-refractivity contribution in [2.75, 3.05) is 12.4 Å². The van der Waals surface area contributed by atoms with E-state index in [4.69, 9.17) is 11.6 Å². The van der Waals surface area contributed by atoms with Gasteiger partial charge in [-0.05, 0) is 18.6 Å². The number of halogens is 1. The van der Waals surface area contributed by atoms with Gasteiger partial charge < -0.3 is 5.32 Å². The fourth-order valence-electron chi connectivity index (χ4n) is 1.09. The van der Waals surface area contributed by atoms with Crippen molar-refractivity contribution in [3.05, 3.63) is 21.9 Å². The zero-order valence-electron chi connectivity index (χ0n) is 8.38. The molecule has 82 valence electrons. The molecule has 3 nitrogen and oxygen atoms in total. The summed E-state index contributed by atoms with van der Waals surface area (Å²) < 4.78 is 0. The van der Waals surface area contributed by atoms with Gasteiger partial charge in [0.05, 0.1) is 10.8 Å². The van der Waals surface area contributed by atoms with Crippen LogP contribution in [0.25, 0.3) is 0 Å². The molecule has 0 aliphatic carbocycles. The summed E-state index contributed by atoms with van der Waals surface area (Å²) in [6, 6.07) is 3.67. The van der Waals surface area contributed by atoms with E-state index in [1.807, 2.05) is 6.07 Å². The summed E-state index contributed by atoms with van der Waals surface area (Å²) in [7, 11) is 0. The van der Waals surface area contributed by atoms with Crippen LogP contribution in [0.15, 0.2) is 12.1 Å².